The Morgan fingerprint density at radius 1 is 0.879 bits per heavy atom. The van der Waals surface area contributed by atoms with Crippen LogP contribution in [-0.4, -0.2) is 59.9 Å². The second kappa shape index (κ2) is 10.3. The van der Waals surface area contributed by atoms with Crippen molar-refractivity contribution in [2.45, 2.75) is 26.9 Å². The summed E-state index contributed by atoms with van der Waals surface area (Å²) in [4.78, 5) is 16.9. The molecule has 3 aromatic rings. The molecule has 1 aromatic heterocycles. The topological polar surface area (TPSA) is 67.8 Å². The number of benzene rings is 2. The Hall–Kier alpha value is -3.61. The molecule has 0 radical (unpaired) electrons. The Balaban J connectivity index is 1.33. The van der Waals surface area contributed by atoms with E-state index in [9.17, 15) is 4.79 Å². The van der Waals surface area contributed by atoms with Crippen LogP contribution in [0.4, 0.5) is 5.82 Å². The van der Waals surface area contributed by atoms with Crippen LogP contribution >= 0.6 is 0 Å². The summed E-state index contributed by atoms with van der Waals surface area (Å²) in [6.07, 6.45) is 0.109. The summed E-state index contributed by atoms with van der Waals surface area (Å²) in [5.41, 5.74) is 2.50. The molecule has 1 amide bonds. The fraction of sp³-hybridized carbons (Fsp3) is 0.346. The van der Waals surface area contributed by atoms with Crippen molar-refractivity contribution in [2.75, 3.05) is 37.7 Å². The highest BCUT2D eigenvalue weighted by molar-refractivity contribution is 5.94. The third-order valence-electron chi connectivity index (χ3n) is 5.48. The van der Waals surface area contributed by atoms with Crippen molar-refractivity contribution in [3.8, 4) is 22.8 Å². The summed E-state index contributed by atoms with van der Waals surface area (Å²) >= 11 is 0. The molecule has 1 aliphatic heterocycles. The van der Waals surface area contributed by atoms with Gasteiger partial charge < -0.3 is 19.3 Å². The van der Waals surface area contributed by atoms with Gasteiger partial charge in [-0.3, -0.25) is 4.79 Å². The minimum atomic E-state index is 0.0441. The molecule has 172 valence electrons. The molecular formula is C26H30N4O3. The van der Waals surface area contributed by atoms with E-state index in [1.165, 1.54) is 0 Å². The summed E-state index contributed by atoms with van der Waals surface area (Å²) in [6.45, 7) is 9.30. The van der Waals surface area contributed by atoms with Crippen molar-refractivity contribution < 1.29 is 14.3 Å². The molecule has 7 nitrogen and oxygen atoms in total. The van der Waals surface area contributed by atoms with Gasteiger partial charge in [-0.1, -0.05) is 0 Å². The van der Waals surface area contributed by atoms with Crippen molar-refractivity contribution in [3.05, 3.63) is 66.2 Å². The number of amides is 1. The lowest BCUT2D eigenvalue weighted by Gasteiger charge is -2.35. The number of nitrogens with zero attached hydrogens (tertiary/aromatic N) is 4. The molecule has 0 N–H and O–H groups in total. The van der Waals surface area contributed by atoms with Crippen LogP contribution in [0.3, 0.4) is 0 Å². The van der Waals surface area contributed by atoms with Crippen molar-refractivity contribution >= 4 is 11.7 Å². The van der Waals surface area contributed by atoms with Crippen molar-refractivity contribution in [2.24, 2.45) is 0 Å². The quantitative estimate of drug-likeness (QED) is 0.539. The van der Waals surface area contributed by atoms with Gasteiger partial charge >= 0.3 is 0 Å². The van der Waals surface area contributed by atoms with Gasteiger partial charge in [0.15, 0.2) is 5.82 Å². The summed E-state index contributed by atoms with van der Waals surface area (Å²) in [6, 6.07) is 19.2. The van der Waals surface area contributed by atoms with Gasteiger partial charge in [-0.25, -0.2) is 0 Å². The summed E-state index contributed by atoms with van der Waals surface area (Å²) < 4.78 is 11.2. The first-order valence-electron chi connectivity index (χ1n) is 11.4. The maximum Gasteiger partial charge on any atom is 0.253 e. The maximum absolute atomic E-state index is 12.9. The first-order valence-corrected chi connectivity index (χ1v) is 11.4. The van der Waals surface area contributed by atoms with Gasteiger partial charge in [-0.2, -0.15) is 0 Å². The number of aromatic nitrogens is 2. The van der Waals surface area contributed by atoms with Crippen LogP contribution in [0.25, 0.3) is 11.3 Å². The van der Waals surface area contributed by atoms with Crippen LogP contribution in [-0.2, 0) is 0 Å². The van der Waals surface area contributed by atoms with E-state index in [0.717, 1.165) is 41.7 Å². The van der Waals surface area contributed by atoms with E-state index in [1.54, 1.807) is 0 Å². The zero-order valence-corrected chi connectivity index (χ0v) is 19.4. The maximum atomic E-state index is 12.9. The lowest BCUT2D eigenvalue weighted by molar-refractivity contribution is 0.0746. The fourth-order valence-corrected chi connectivity index (χ4v) is 3.81. The SMILES string of the molecule is CCOc1ccc(-c2ccc(N3CCN(C(=O)c4ccc(OC(C)C)cc4)CC3)nn2)cc1. The van der Waals surface area contributed by atoms with Crippen molar-refractivity contribution in [1.29, 1.82) is 0 Å². The minimum Gasteiger partial charge on any atom is -0.494 e. The number of hydrogen-bond donors (Lipinski definition) is 0. The third-order valence-corrected chi connectivity index (χ3v) is 5.48. The number of carbonyl (C=O) groups is 1. The first kappa shape index (κ1) is 22.6. The Labute approximate surface area is 195 Å². The summed E-state index contributed by atoms with van der Waals surface area (Å²) in [7, 11) is 0. The highest BCUT2D eigenvalue weighted by Crippen LogP contribution is 2.23. The van der Waals surface area contributed by atoms with E-state index in [2.05, 4.69) is 15.1 Å². The van der Waals surface area contributed by atoms with Gasteiger partial charge in [-0.15, -0.1) is 10.2 Å². The van der Waals surface area contributed by atoms with Gasteiger partial charge in [0, 0.05) is 37.3 Å². The molecule has 33 heavy (non-hydrogen) atoms. The van der Waals surface area contributed by atoms with Gasteiger partial charge in [0.1, 0.15) is 11.5 Å². The Morgan fingerprint density at radius 2 is 1.55 bits per heavy atom. The average molecular weight is 447 g/mol. The van der Waals surface area contributed by atoms with Crippen LogP contribution in [0.1, 0.15) is 31.1 Å². The standard InChI is InChI=1S/C26H30N4O3/c1-4-32-22-9-5-20(6-10-22)24-13-14-25(28-27-24)29-15-17-30(18-16-29)26(31)21-7-11-23(12-8-21)33-19(2)3/h5-14,19H,4,15-18H2,1-3H3. The summed E-state index contributed by atoms with van der Waals surface area (Å²) in [5.74, 6) is 2.49. The van der Waals surface area contributed by atoms with Gasteiger partial charge in [-0.05, 0) is 81.4 Å². The molecule has 1 saturated heterocycles. The van der Waals surface area contributed by atoms with E-state index < -0.39 is 0 Å². The molecule has 2 aromatic carbocycles. The predicted molar refractivity (Wildman–Crippen MR) is 129 cm³/mol. The number of carbonyl (C=O) groups excluding carboxylic acids is 1. The van der Waals surface area contributed by atoms with E-state index in [1.807, 2.05) is 86.3 Å². The zero-order valence-electron chi connectivity index (χ0n) is 19.4. The van der Waals surface area contributed by atoms with Gasteiger partial charge in [0.05, 0.1) is 18.4 Å². The molecule has 0 unspecified atom stereocenters. The van der Waals surface area contributed by atoms with Crippen LogP contribution in [0.5, 0.6) is 11.5 Å². The second-order valence-electron chi connectivity index (χ2n) is 8.20. The molecule has 2 heterocycles. The second-order valence-corrected chi connectivity index (χ2v) is 8.20. The number of ether oxygens (including phenoxy) is 2. The summed E-state index contributed by atoms with van der Waals surface area (Å²) in [5, 5.41) is 8.83. The van der Waals surface area contributed by atoms with Crippen LogP contribution in [0, 0.1) is 0 Å². The van der Waals surface area contributed by atoms with Crippen molar-refractivity contribution in [3.63, 3.8) is 0 Å². The normalized spacial score (nSPS) is 13.8. The Bertz CT molecular complexity index is 1040. The minimum absolute atomic E-state index is 0.0441. The number of anilines is 1. The van der Waals surface area contributed by atoms with Crippen molar-refractivity contribution in [1.82, 2.24) is 15.1 Å². The molecule has 0 spiro atoms. The third kappa shape index (κ3) is 5.61. The van der Waals surface area contributed by atoms with E-state index in [0.29, 0.717) is 25.3 Å². The van der Waals surface area contributed by atoms with Crippen LogP contribution in [0.2, 0.25) is 0 Å². The average Bonchev–Trinajstić information content (AvgIpc) is 2.85. The molecule has 0 atom stereocenters. The number of hydrogen-bond acceptors (Lipinski definition) is 6. The van der Waals surface area contributed by atoms with Gasteiger partial charge in [0.2, 0.25) is 0 Å². The Kier molecular flexibility index (Phi) is 7.07. The van der Waals surface area contributed by atoms with E-state index in [-0.39, 0.29) is 12.0 Å². The smallest absolute Gasteiger partial charge is 0.253 e. The zero-order chi connectivity index (χ0) is 23.2. The molecular weight excluding hydrogens is 416 g/mol. The highest BCUT2D eigenvalue weighted by Gasteiger charge is 2.23. The Morgan fingerprint density at radius 3 is 2.12 bits per heavy atom. The number of piperazine rings is 1. The number of rotatable bonds is 7. The van der Waals surface area contributed by atoms with Crippen LogP contribution < -0.4 is 14.4 Å². The highest BCUT2D eigenvalue weighted by atomic mass is 16.5. The lowest BCUT2D eigenvalue weighted by atomic mass is 10.1. The molecule has 1 fully saturated rings. The van der Waals surface area contributed by atoms with E-state index >= 15 is 0 Å². The molecule has 4 rings (SSSR count). The molecule has 0 saturated carbocycles. The lowest BCUT2D eigenvalue weighted by Crippen LogP contribution is -2.49. The molecule has 0 aliphatic carbocycles. The molecule has 1 aliphatic rings. The van der Waals surface area contributed by atoms with Gasteiger partial charge in [0.25, 0.3) is 5.91 Å². The van der Waals surface area contributed by atoms with E-state index in [4.69, 9.17) is 9.47 Å². The monoisotopic (exact) mass is 446 g/mol. The fourth-order valence-electron chi connectivity index (χ4n) is 3.81. The van der Waals surface area contributed by atoms with Crippen LogP contribution in [0.15, 0.2) is 60.7 Å². The first-order chi connectivity index (χ1) is 16.0. The predicted octanol–water partition coefficient (Wildman–Crippen LogP) is 4.29. The molecule has 0 bridgehead atoms. The molecule has 7 heteroatoms. The largest absolute Gasteiger partial charge is 0.494 e.